The van der Waals surface area contributed by atoms with E-state index in [1.165, 1.54) is 12.1 Å². The molecule has 2 aromatic carbocycles. The second-order valence-electron chi connectivity index (χ2n) is 5.19. The maximum atomic E-state index is 12.7. The summed E-state index contributed by atoms with van der Waals surface area (Å²) in [5, 5.41) is 3.27. The number of halogens is 4. The molecule has 2 rings (SSSR count). The van der Waals surface area contributed by atoms with Crippen molar-refractivity contribution < 1.29 is 18.0 Å². The van der Waals surface area contributed by atoms with E-state index in [0.29, 0.717) is 10.6 Å². The first-order valence-electron chi connectivity index (χ1n) is 6.97. The summed E-state index contributed by atoms with van der Waals surface area (Å²) in [4.78, 5) is 12.0. The molecule has 1 atom stereocenters. The zero-order valence-electron chi connectivity index (χ0n) is 12.3. The topological polar surface area (TPSA) is 29.1 Å². The quantitative estimate of drug-likeness (QED) is 0.852. The zero-order chi connectivity index (χ0) is 17.0. The second-order valence-corrected chi connectivity index (χ2v) is 5.59. The van der Waals surface area contributed by atoms with Gasteiger partial charge >= 0.3 is 6.18 Å². The van der Waals surface area contributed by atoms with Crippen molar-refractivity contribution >= 4 is 17.5 Å². The molecule has 2 nitrogen and oxygen atoms in total. The molecule has 0 radical (unpaired) electrons. The Morgan fingerprint density at radius 1 is 1.17 bits per heavy atom. The van der Waals surface area contributed by atoms with Gasteiger partial charge in [-0.1, -0.05) is 48.0 Å². The first-order valence-corrected chi connectivity index (χ1v) is 7.35. The molecule has 6 heteroatoms. The van der Waals surface area contributed by atoms with Crippen LogP contribution in [0.3, 0.4) is 0 Å². The zero-order valence-corrected chi connectivity index (χ0v) is 13.1. The number of hydrogen-bond donors (Lipinski definition) is 1. The van der Waals surface area contributed by atoms with Crippen molar-refractivity contribution in [2.75, 3.05) is 0 Å². The van der Waals surface area contributed by atoms with Crippen LogP contribution < -0.4 is 5.32 Å². The minimum Gasteiger partial charge on any atom is -0.349 e. The molecule has 0 aromatic heterocycles. The summed E-state index contributed by atoms with van der Waals surface area (Å²) in [6.45, 7) is 1.77. The molecule has 0 aliphatic heterocycles. The highest BCUT2D eigenvalue weighted by Crippen LogP contribution is 2.29. The maximum absolute atomic E-state index is 12.7. The van der Waals surface area contributed by atoms with E-state index in [9.17, 15) is 18.0 Å². The Morgan fingerprint density at radius 2 is 1.87 bits per heavy atom. The van der Waals surface area contributed by atoms with Crippen LogP contribution in [0.2, 0.25) is 5.02 Å². The van der Waals surface area contributed by atoms with Crippen LogP contribution in [0.25, 0.3) is 0 Å². The number of nitrogens with one attached hydrogen (secondary N) is 1. The second kappa shape index (κ2) is 7.04. The molecule has 23 heavy (non-hydrogen) atoms. The fourth-order valence-electron chi connectivity index (χ4n) is 2.24. The number of benzene rings is 2. The van der Waals surface area contributed by atoms with Gasteiger partial charge in [0, 0.05) is 5.02 Å². The summed E-state index contributed by atoms with van der Waals surface area (Å²) in [5.41, 5.74) is 0.303. The summed E-state index contributed by atoms with van der Waals surface area (Å²) in [7, 11) is 0. The van der Waals surface area contributed by atoms with Gasteiger partial charge in [-0.15, -0.1) is 0 Å². The first-order chi connectivity index (χ1) is 10.8. The van der Waals surface area contributed by atoms with Crippen molar-refractivity contribution in [2.45, 2.75) is 25.6 Å². The summed E-state index contributed by atoms with van der Waals surface area (Å²) in [5.74, 6) is -0.364. The Labute approximate surface area is 137 Å². The summed E-state index contributed by atoms with van der Waals surface area (Å²) in [6.07, 6.45) is -4.55. The van der Waals surface area contributed by atoms with Gasteiger partial charge in [-0.25, -0.2) is 0 Å². The van der Waals surface area contributed by atoms with E-state index in [4.69, 9.17) is 11.6 Å². The third-order valence-corrected chi connectivity index (χ3v) is 3.71. The van der Waals surface area contributed by atoms with Gasteiger partial charge in [0.05, 0.1) is 18.0 Å². The van der Waals surface area contributed by atoms with Gasteiger partial charge < -0.3 is 5.32 Å². The smallest absolute Gasteiger partial charge is 0.349 e. The molecule has 1 N–H and O–H groups in total. The minimum absolute atomic E-state index is 0.126. The van der Waals surface area contributed by atoms with E-state index in [1.54, 1.807) is 31.2 Å². The van der Waals surface area contributed by atoms with Crippen LogP contribution in [0.1, 0.15) is 29.7 Å². The first kappa shape index (κ1) is 17.3. The van der Waals surface area contributed by atoms with Crippen molar-refractivity contribution in [3.63, 3.8) is 0 Å². The van der Waals surface area contributed by atoms with Gasteiger partial charge in [0.15, 0.2) is 0 Å². The van der Waals surface area contributed by atoms with Crippen LogP contribution in [0, 0.1) is 0 Å². The predicted molar refractivity (Wildman–Crippen MR) is 83.2 cm³/mol. The number of hydrogen-bond acceptors (Lipinski definition) is 1. The van der Waals surface area contributed by atoms with Crippen molar-refractivity contribution in [3.05, 3.63) is 70.2 Å². The lowest BCUT2D eigenvalue weighted by Gasteiger charge is -2.16. The monoisotopic (exact) mass is 341 g/mol. The van der Waals surface area contributed by atoms with Crippen molar-refractivity contribution in [3.8, 4) is 0 Å². The Morgan fingerprint density at radius 3 is 2.52 bits per heavy atom. The van der Waals surface area contributed by atoms with Gasteiger partial charge in [-0.2, -0.15) is 13.2 Å². The van der Waals surface area contributed by atoms with E-state index in [0.717, 1.165) is 17.7 Å². The molecule has 0 aliphatic carbocycles. The molecular formula is C17H15ClF3NO. The fourth-order valence-corrected chi connectivity index (χ4v) is 2.54. The maximum Gasteiger partial charge on any atom is 0.416 e. The molecule has 1 amide bonds. The molecule has 0 aliphatic rings. The van der Waals surface area contributed by atoms with Crippen LogP contribution in [-0.2, 0) is 17.4 Å². The number of carbonyl (C=O) groups is 1. The lowest BCUT2D eigenvalue weighted by Crippen LogP contribution is -2.28. The Hall–Kier alpha value is -2.01. The molecule has 0 spiro atoms. The lowest BCUT2D eigenvalue weighted by molar-refractivity contribution is -0.137. The molecule has 0 saturated heterocycles. The van der Waals surface area contributed by atoms with Gasteiger partial charge in [0.2, 0.25) is 5.91 Å². The van der Waals surface area contributed by atoms with Crippen LogP contribution in [0.4, 0.5) is 13.2 Å². The lowest BCUT2D eigenvalue weighted by atomic mass is 10.1. The Bertz CT molecular complexity index is 700. The predicted octanol–water partition coefficient (Wildman–Crippen LogP) is 4.78. The van der Waals surface area contributed by atoms with Gasteiger partial charge in [-0.05, 0) is 30.2 Å². The number of rotatable bonds is 4. The summed E-state index contributed by atoms with van der Waals surface area (Å²) in [6, 6.07) is 11.5. The highest BCUT2D eigenvalue weighted by atomic mass is 35.5. The summed E-state index contributed by atoms with van der Waals surface area (Å²) < 4.78 is 38.0. The molecule has 2 aromatic rings. The van der Waals surface area contributed by atoms with Crippen LogP contribution in [0.15, 0.2) is 48.5 Å². The third-order valence-electron chi connectivity index (χ3n) is 3.37. The Balaban J connectivity index is 2.04. The molecule has 1 unspecified atom stereocenters. The normalized spacial score (nSPS) is 12.7. The van der Waals surface area contributed by atoms with E-state index in [-0.39, 0.29) is 18.4 Å². The van der Waals surface area contributed by atoms with Gasteiger partial charge in [0.25, 0.3) is 0 Å². The van der Waals surface area contributed by atoms with Crippen LogP contribution in [0.5, 0.6) is 0 Å². The number of carbonyl (C=O) groups excluding carboxylic acids is 1. The minimum atomic E-state index is -4.42. The van der Waals surface area contributed by atoms with Gasteiger partial charge in [0.1, 0.15) is 0 Å². The molecule has 0 saturated carbocycles. The standard InChI is InChI=1S/C17H15ClF3NO/c1-11(14-7-2-3-8-15(14)18)22-16(23)10-12-5-4-6-13(9-12)17(19,20)21/h2-9,11H,10H2,1H3,(H,22,23). The van der Waals surface area contributed by atoms with Crippen molar-refractivity contribution in [1.82, 2.24) is 5.32 Å². The fraction of sp³-hybridized carbons (Fsp3) is 0.235. The average molecular weight is 342 g/mol. The highest BCUT2D eigenvalue weighted by molar-refractivity contribution is 6.31. The average Bonchev–Trinajstić information content (AvgIpc) is 2.46. The van der Waals surface area contributed by atoms with Crippen LogP contribution in [-0.4, -0.2) is 5.91 Å². The molecular weight excluding hydrogens is 327 g/mol. The molecule has 0 bridgehead atoms. The van der Waals surface area contributed by atoms with Crippen molar-refractivity contribution in [1.29, 1.82) is 0 Å². The molecule has 122 valence electrons. The molecule has 0 heterocycles. The van der Waals surface area contributed by atoms with E-state index < -0.39 is 11.7 Å². The largest absolute Gasteiger partial charge is 0.416 e. The van der Waals surface area contributed by atoms with E-state index in [1.807, 2.05) is 0 Å². The SMILES string of the molecule is CC(NC(=O)Cc1cccc(C(F)(F)F)c1)c1ccccc1Cl. The van der Waals surface area contributed by atoms with Crippen molar-refractivity contribution in [2.24, 2.45) is 0 Å². The van der Waals surface area contributed by atoms with E-state index >= 15 is 0 Å². The van der Waals surface area contributed by atoms with Gasteiger partial charge in [-0.3, -0.25) is 4.79 Å². The van der Waals surface area contributed by atoms with Crippen LogP contribution >= 0.6 is 11.6 Å². The number of amides is 1. The Kier molecular flexibility index (Phi) is 5.31. The number of alkyl halides is 3. The highest BCUT2D eigenvalue weighted by Gasteiger charge is 2.30. The third kappa shape index (κ3) is 4.73. The molecule has 0 fully saturated rings. The summed E-state index contributed by atoms with van der Waals surface area (Å²) >= 11 is 6.06. The van der Waals surface area contributed by atoms with E-state index in [2.05, 4.69) is 5.32 Å².